The van der Waals surface area contributed by atoms with Gasteiger partial charge in [0.2, 0.25) is 5.91 Å². The molecule has 0 aliphatic heterocycles. The summed E-state index contributed by atoms with van der Waals surface area (Å²) in [5.74, 6) is -0.0982. The molecule has 19 heavy (non-hydrogen) atoms. The van der Waals surface area contributed by atoms with Crippen molar-refractivity contribution in [2.75, 3.05) is 13.6 Å². The van der Waals surface area contributed by atoms with Crippen LogP contribution in [0.1, 0.15) is 19.8 Å². The van der Waals surface area contributed by atoms with Gasteiger partial charge in [0.15, 0.2) is 5.65 Å². The Balaban J connectivity index is 2.15. The summed E-state index contributed by atoms with van der Waals surface area (Å²) >= 11 is 0. The first-order valence-electron chi connectivity index (χ1n) is 6.41. The van der Waals surface area contributed by atoms with E-state index in [0.717, 1.165) is 12.8 Å². The van der Waals surface area contributed by atoms with Crippen LogP contribution in [0, 0.1) is 0 Å². The number of likely N-dealkylation sites (N-methyl/N-ethyl adjacent to an activating group) is 1. The molecular formula is C13H18N4O2. The van der Waals surface area contributed by atoms with E-state index in [4.69, 9.17) is 0 Å². The van der Waals surface area contributed by atoms with E-state index in [1.807, 2.05) is 0 Å². The topological polar surface area (TPSA) is 59.6 Å². The molecular weight excluding hydrogens is 244 g/mol. The van der Waals surface area contributed by atoms with E-state index in [9.17, 15) is 9.59 Å². The van der Waals surface area contributed by atoms with E-state index >= 15 is 0 Å². The summed E-state index contributed by atoms with van der Waals surface area (Å²) in [5, 5.41) is 4.13. The minimum Gasteiger partial charge on any atom is -0.344 e. The molecule has 0 aliphatic rings. The molecule has 0 saturated carbocycles. The smallest absolute Gasteiger partial charge is 0.344 e. The van der Waals surface area contributed by atoms with Gasteiger partial charge in [0.05, 0.1) is 0 Å². The average Bonchev–Trinajstić information content (AvgIpc) is 2.73. The van der Waals surface area contributed by atoms with Crippen molar-refractivity contribution in [1.29, 1.82) is 0 Å². The first kappa shape index (κ1) is 13.3. The number of aromatic nitrogens is 3. The van der Waals surface area contributed by atoms with Crippen molar-refractivity contribution in [2.45, 2.75) is 26.3 Å². The fourth-order valence-electron chi connectivity index (χ4n) is 1.84. The minimum atomic E-state index is -0.284. The molecule has 2 rings (SSSR count). The van der Waals surface area contributed by atoms with Gasteiger partial charge in [-0.3, -0.25) is 9.20 Å². The van der Waals surface area contributed by atoms with Crippen molar-refractivity contribution < 1.29 is 4.79 Å². The second-order valence-electron chi connectivity index (χ2n) is 4.54. The van der Waals surface area contributed by atoms with Gasteiger partial charge >= 0.3 is 5.69 Å². The lowest BCUT2D eigenvalue weighted by atomic mass is 10.3. The Labute approximate surface area is 111 Å². The van der Waals surface area contributed by atoms with E-state index in [1.54, 1.807) is 36.3 Å². The molecule has 0 fully saturated rings. The molecule has 0 aliphatic carbocycles. The lowest BCUT2D eigenvalue weighted by Crippen LogP contribution is -2.34. The number of amides is 1. The SMILES string of the molecule is CCCCN(C)C(=O)Cn1nc2ccccn2c1=O. The Bertz CT molecular complexity index is 629. The molecule has 0 unspecified atom stereocenters. The van der Waals surface area contributed by atoms with Crippen LogP contribution in [0.25, 0.3) is 5.65 Å². The molecule has 2 aromatic rings. The number of hydrogen-bond acceptors (Lipinski definition) is 3. The Morgan fingerprint density at radius 2 is 2.21 bits per heavy atom. The molecule has 2 aromatic heterocycles. The molecule has 0 radical (unpaired) electrons. The molecule has 0 N–H and O–H groups in total. The molecule has 6 heteroatoms. The summed E-state index contributed by atoms with van der Waals surface area (Å²) in [6, 6.07) is 5.31. The maximum Gasteiger partial charge on any atom is 0.350 e. The van der Waals surface area contributed by atoms with Gasteiger partial charge in [-0.05, 0) is 18.6 Å². The van der Waals surface area contributed by atoms with Crippen LogP contribution in [0.3, 0.4) is 0 Å². The molecule has 0 atom stereocenters. The van der Waals surface area contributed by atoms with Gasteiger partial charge in [-0.15, -0.1) is 5.10 Å². The molecule has 2 heterocycles. The van der Waals surface area contributed by atoms with Crippen molar-refractivity contribution >= 4 is 11.6 Å². The minimum absolute atomic E-state index is 0.0132. The zero-order chi connectivity index (χ0) is 13.8. The van der Waals surface area contributed by atoms with E-state index in [-0.39, 0.29) is 18.1 Å². The van der Waals surface area contributed by atoms with Crippen LogP contribution in [-0.4, -0.2) is 38.6 Å². The van der Waals surface area contributed by atoms with Gasteiger partial charge in [0.25, 0.3) is 0 Å². The summed E-state index contributed by atoms with van der Waals surface area (Å²) in [6.07, 6.45) is 3.64. The lowest BCUT2D eigenvalue weighted by Gasteiger charge is -2.15. The number of fused-ring (bicyclic) bond motifs is 1. The predicted octanol–water partition coefficient (Wildman–Crippen LogP) is 0.754. The third-order valence-corrected chi connectivity index (χ3v) is 3.05. The number of hydrogen-bond donors (Lipinski definition) is 0. The van der Waals surface area contributed by atoms with E-state index in [2.05, 4.69) is 12.0 Å². The highest BCUT2D eigenvalue weighted by Crippen LogP contribution is 1.97. The quantitative estimate of drug-likeness (QED) is 0.799. The third-order valence-electron chi connectivity index (χ3n) is 3.05. The fourth-order valence-corrected chi connectivity index (χ4v) is 1.84. The summed E-state index contributed by atoms with van der Waals surface area (Å²) in [4.78, 5) is 25.6. The van der Waals surface area contributed by atoms with Crippen molar-refractivity contribution in [2.24, 2.45) is 0 Å². The van der Waals surface area contributed by atoms with Gasteiger partial charge in [0.1, 0.15) is 6.54 Å². The van der Waals surface area contributed by atoms with Gasteiger partial charge in [-0.1, -0.05) is 19.4 Å². The molecule has 1 amide bonds. The normalized spacial score (nSPS) is 10.8. The Morgan fingerprint density at radius 1 is 1.42 bits per heavy atom. The zero-order valence-corrected chi connectivity index (χ0v) is 11.2. The molecule has 0 saturated heterocycles. The van der Waals surface area contributed by atoms with Crippen molar-refractivity contribution in [1.82, 2.24) is 19.1 Å². The van der Waals surface area contributed by atoms with Crippen LogP contribution in [0.15, 0.2) is 29.2 Å². The highest BCUT2D eigenvalue weighted by atomic mass is 16.2. The largest absolute Gasteiger partial charge is 0.350 e. The number of rotatable bonds is 5. The maximum atomic E-state index is 12.0. The second-order valence-corrected chi connectivity index (χ2v) is 4.54. The number of unbranched alkanes of at least 4 members (excludes halogenated alkanes) is 1. The van der Waals surface area contributed by atoms with E-state index in [0.29, 0.717) is 12.2 Å². The number of pyridine rings is 1. The average molecular weight is 262 g/mol. The van der Waals surface area contributed by atoms with Crippen molar-refractivity contribution in [3.8, 4) is 0 Å². The Morgan fingerprint density at radius 3 is 2.89 bits per heavy atom. The van der Waals surface area contributed by atoms with Crippen LogP contribution >= 0.6 is 0 Å². The molecule has 0 aromatic carbocycles. The number of carbonyl (C=O) groups excluding carboxylic acids is 1. The first-order chi connectivity index (χ1) is 9.13. The lowest BCUT2D eigenvalue weighted by molar-refractivity contribution is -0.130. The van der Waals surface area contributed by atoms with Crippen LogP contribution in [0.4, 0.5) is 0 Å². The maximum absolute atomic E-state index is 12.0. The standard InChI is InChI=1S/C13H18N4O2/c1-3-4-8-15(2)12(18)10-17-13(19)16-9-6-5-7-11(16)14-17/h5-7,9H,3-4,8,10H2,1-2H3. The highest BCUT2D eigenvalue weighted by molar-refractivity contribution is 5.75. The molecule has 0 spiro atoms. The fraction of sp³-hybridized carbons (Fsp3) is 0.462. The highest BCUT2D eigenvalue weighted by Gasteiger charge is 2.13. The van der Waals surface area contributed by atoms with Crippen LogP contribution in [0.2, 0.25) is 0 Å². The number of nitrogens with zero attached hydrogens (tertiary/aromatic N) is 4. The van der Waals surface area contributed by atoms with Gasteiger partial charge in [0, 0.05) is 19.8 Å². The monoisotopic (exact) mass is 262 g/mol. The van der Waals surface area contributed by atoms with Crippen LogP contribution in [0.5, 0.6) is 0 Å². The summed E-state index contributed by atoms with van der Waals surface area (Å²) < 4.78 is 2.64. The second kappa shape index (κ2) is 5.69. The van der Waals surface area contributed by atoms with Crippen LogP contribution < -0.4 is 5.69 Å². The summed E-state index contributed by atoms with van der Waals surface area (Å²) in [5.41, 5.74) is 0.268. The zero-order valence-electron chi connectivity index (χ0n) is 11.2. The van der Waals surface area contributed by atoms with E-state index in [1.165, 1.54) is 9.08 Å². The number of carbonyl (C=O) groups is 1. The summed E-state index contributed by atoms with van der Waals surface area (Å²) in [6.45, 7) is 2.77. The summed E-state index contributed by atoms with van der Waals surface area (Å²) in [7, 11) is 1.75. The van der Waals surface area contributed by atoms with Crippen molar-refractivity contribution in [3.05, 3.63) is 34.9 Å². The van der Waals surface area contributed by atoms with Gasteiger partial charge in [-0.2, -0.15) is 0 Å². The molecule has 6 nitrogen and oxygen atoms in total. The van der Waals surface area contributed by atoms with Gasteiger partial charge < -0.3 is 4.90 Å². The van der Waals surface area contributed by atoms with Crippen LogP contribution in [-0.2, 0) is 11.3 Å². The Kier molecular flexibility index (Phi) is 3.99. The molecule has 0 bridgehead atoms. The molecule has 102 valence electrons. The van der Waals surface area contributed by atoms with Gasteiger partial charge in [-0.25, -0.2) is 9.48 Å². The third kappa shape index (κ3) is 2.83. The van der Waals surface area contributed by atoms with Crippen molar-refractivity contribution in [3.63, 3.8) is 0 Å². The van der Waals surface area contributed by atoms with E-state index < -0.39 is 0 Å². The first-order valence-corrected chi connectivity index (χ1v) is 6.41. The predicted molar refractivity (Wildman–Crippen MR) is 72.0 cm³/mol. The Hall–Kier alpha value is -2.11.